The minimum Gasteiger partial charge on any atom is -0.465 e. The lowest BCUT2D eigenvalue weighted by atomic mass is 10.5. The number of amides is 1. The molecule has 1 amide bonds. The summed E-state index contributed by atoms with van der Waals surface area (Å²) in [6.07, 6.45) is 2.42. The third-order valence-electron chi connectivity index (χ3n) is 0.881. The van der Waals surface area contributed by atoms with E-state index in [4.69, 9.17) is 9.84 Å². The summed E-state index contributed by atoms with van der Waals surface area (Å²) in [6.45, 7) is 0. The van der Waals surface area contributed by atoms with Crippen molar-refractivity contribution in [1.82, 2.24) is 5.32 Å². The van der Waals surface area contributed by atoms with E-state index >= 15 is 0 Å². The molecule has 0 fully saturated rings. The molecule has 0 saturated heterocycles. The number of carbonyl (C=O) groups is 1. The summed E-state index contributed by atoms with van der Waals surface area (Å²) >= 11 is 0. The van der Waals surface area contributed by atoms with Gasteiger partial charge in [0.1, 0.15) is 0 Å². The fourth-order valence-electron chi connectivity index (χ4n) is 0.513. The number of hydrogen-bond donors (Lipinski definition) is 2. The van der Waals surface area contributed by atoms with E-state index in [-0.39, 0.29) is 0 Å². The summed E-state index contributed by atoms with van der Waals surface area (Å²) in [7, 11) is 0. The number of carboxylic acid groups (broad SMARTS) is 1. The third kappa shape index (κ3) is 1.77. The molecule has 5 nitrogen and oxygen atoms in total. The van der Waals surface area contributed by atoms with E-state index in [9.17, 15) is 4.79 Å². The van der Waals surface area contributed by atoms with Gasteiger partial charge in [-0.25, -0.2) is 9.79 Å². The molecule has 10 heavy (non-hydrogen) atoms. The molecule has 0 spiro atoms. The lowest BCUT2D eigenvalue weighted by Gasteiger charge is -2.12. The highest BCUT2D eigenvalue weighted by atomic mass is 16.5. The van der Waals surface area contributed by atoms with Gasteiger partial charge in [-0.2, -0.15) is 0 Å². The first-order chi connectivity index (χ1) is 4.79. The predicted molar refractivity (Wildman–Crippen MR) is 33.7 cm³/mol. The Hall–Kier alpha value is -1.52. The summed E-state index contributed by atoms with van der Waals surface area (Å²) in [5.41, 5.74) is 0. The smallest absolute Gasteiger partial charge is 0.407 e. The van der Waals surface area contributed by atoms with Gasteiger partial charge in [0.2, 0.25) is 0 Å². The molecule has 1 heterocycles. The van der Waals surface area contributed by atoms with Gasteiger partial charge in [0.15, 0.2) is 12.6 Å². The zero-order valence-electron chi connectivity index (χ0n) is 5.02. The van der Waals surface area contributed by atoms with Crippen molar-refractivity contribution < 1.29 is 14.6 Å². The van der Waals surface area contributed by atoms with Crippen LogP contribution in [-0.4, -0.2) is 23.8 Å². The molecule has 1 aliphatic rings. The third-order valence-corrected chi connectivity index (χ3v) is 0.881. The number of nitrogens with one attached hydrogen (secondary N) is 1. The molecule has 54 valence electrons. The van der Waals surface area contributed by atoms with E-state index in [2.05, 4.69) is 10.3 Å². The van der Waals surface area contributed by atoms with Crippen LogP contribution in [0.15, 0.2) is 17.3 Å². The van der Waals surface area contributed by atoms with Gasteiger partial charge in [-0.3, -0.25) is 5.32 Å². The van der Waals surface area contributed by atoms with Gasteiger partial charge in [-0.05, 0) is 6.08 Å². The molecular weight excluding hydrogens is 136 g/mol. The average Bonchev–Trinajstić information content (AvgIpc) is 1.88. The Morgan fingerprint density at radius 3 is 3.10 bits per heavy atom. The lowest BCUT2D eigenvalue weighted by molar-refractivity contribution is 0.158. The van der Waals surface area contributed by atoms with Crippen molar-refractivity contribution in [3.05, 3.63) is 12.3 Å². The SMILES string of the molecule is O=C(O)NC1C=CN=CO1. The Bertz CT molecular complexity index is 187. The molecule has 0 bridgehead atoms. The first kappa shape index (κ1) is 6.60. The Labute approximate surface area is 57.0 Å². The van der Waals surface area contributed by atoms with Crippen molar-refractivity contribution in [1.29, 1.82) is 0 Å². The van der Waals surface area contributed by atoms with Gasteiger partial charge in [0.25, 0.3) is 0 Å². The Balaban J connectivity index is 2.37. The van der Waals surface area contributed by atoms with Gasteiger partial charge < -0.3 is 9.84 Å². The minimum absolute atomic E-state index is 0.602. The van der Waals surface area contributed by atoms with Crippen LogP contribution in [0.3, 0.4) is 0 Å². The summed E-state index contributed by atoms with van der Waals surface area (Å²) in [5, 5.41) is 10.3. The number of hydrogen-bond acceptors (Lipinski definition) is 3. The van der Waals surface area contributed by atoms with Crippen LogP contribution in [0.2, 0.25) is 0 Å². The van der Waals surface area contributed by atoms with E-state index < -0.39 is 12.3 Å². The Morgan fingerprint density at radius 2 is 2.60 bits per heavy atom. The maximum Gasteiger partial charge on any atom is 0.407 e. The average molecular weight is 142 g/mol. The highest BCUT2D eigenvalue weighted by Crippen LogP contribution is 1.93. The van der Waals surface area contributed by atoms with Crippen molar-refractivity contribution in [2.75, 3.05) is 0 Å². The molecule has 0 aromatic heterocycles. The van der Waals surface area contributed by atoms with Crippen LogP contribution in [0.25, 0.3) is 0 Å². The van der Waals surface area contributed by atoms with Crippen LogP contribution >= 0.6 is 0 Å². The molecule has 0 aromatic carbocycles. The van der Waals surface area contributed by atoms with Crippen LogP contribution in [0.5, 0.6) is 0 Å². The Morgan fingerprint density at radius 1 is 1.80 bits per heavy atom. The largest absolute Gasteiger partial charge is 0.465 e. The molecule has 1 atom stereocenters. The number of ether oxygens (including phenoxy) is 1. The molecule has 0 saturated carbocycles. The number of aliphatic imine (C=N–C) groups is 1. The summed E-state index contributed by atoms with van der Waals surface area (Å²) in [5.74, 6) is 0. The standard InChI is InChI=1S/C5H6N2O3/c8-5(9)7-4-1-2-6-3-10-4/h1-4,7H,(H,8,9). The fraction of sp³-hybridized carbons (Fsp3) is 0.200. The van der Waals surface area contributed by atoms with Gasteiger partial charge in [-0.15, -0.1) is 0 Å². The zero-order valence-corrected chi connectivity index (χ0v) is 5.02. The van der Waals surface area contributed by atoms with Crippen LogP contribution in [0.1, 0.15) is 0 Å². The van der Waals surface area contributed by atoms with E-state index in [1.54, 1.807) is 0 Å². The molecule has 2 N–H and O–H groups in total. The van der Waals surface area contributed by atoms with E-state index in [0.717, 1.165) is 0 Å². The second-order valence-corrected chi connectivity index (χ2v) is 1.60. The van der Waals surface area contributed by atoms with E-state index in [1.165, 1.54) is 18.7 Å². The van der Waals surface area contributed by atoms with Crippen LogP contribution in [0, 0.1) is 0 Å². The maximum absolute atomic E-state index is 10.00. The second kappa shape index (κ2) is 2.86. The molecule has 1 rings (SSSR count). The monoisotopic (exact) mass is 142 g/mol. The van der Waals surface area contributed by atoms with Crippen LogP contribution in [-0.2, 0) is 4.74 Å². The first-order valence-electron chi connectivity index (χ1n) is 2.62. The first-order valence-corrected chi connectivity index (χ1v) is 2.62. The normalized spacial score (nSPS) is 21.8. The zero-order chi connectivity index (χ0) is 7.40. The van der Waals surface area contributed by atoms with Crippen LogP contribution in [0.4, 0.5) is 4.79 Å². The predicted octanol–water partition coefficient (Wildman–Crippen LogP) is 0.152. The minimum atomic E-state index is -1.12. The van der Waals surface area contributed by atoms with Crippen LogP contribution < -0.4 is 5.32 Å². The lowest BCUT2D eigenvalue weighted by Crippen LogP contribution is -2.34. The topological polar surface area (TPSA) is 70.9 Å². The highest BCUT2D eigenvalue weighted by Gasteiger charge is 2.07. The number of rotatable bonds is 1. The molecule has 1 unspecified atom stereocenters. The van der Waals surface area contributed by atoms with Gasteiger partial charge >= 0.3 is 6.09 Å². The van der Waals surface area contributed by atoms with Crippen molar-refractivity contribution in [2.24, 2.45) is 4.99 Å². The fourth-order valence-corrected chi connectivity index (χ4v) is 0.513. The van der Waals surface area contributed by atoms with Crippen molar-refractivity contribution in [3.8, 4) is 0 Å². The Kier molecular flexibility index (Phi) is 1.89. The summed E-state index contributed by atoms with van der Waals surface area (Å²) in [6, 6.07) is 0. The molecule has 5 heteroatoms. The van der Waals surface area contributed by atoms with Gasteiger partial charge in [0, 0.05) is 6.20 Å². The number of nitrogens with zero attached hydrogens (tertiary/aromatic N) is 1. The van der Waals surface area contributed by atoms with Gasteiger partial charge in [0.05, 0.1) is 0 Å². The van der Waals surface area contributed by atoms with Crippen molar-refractivity contribution in [3.63, 3.8) is 0 Å². The summed E-state index contributed by atoms with van der Waals surface area (Å²) < 4.78 is 4.72. The van der Waals surface area contributed by atoms with E-state index in [1.807, 2.05) is 0 Å². The summed E-state index contributed by atoms with van der Waals surface area (Å²) in [4.78, 5) is 13.6. The van der Waals surface area contributed by atoms with Crippen molar-refractivity contribution in [2.45, 2.75) is 6.23 Å². The van der Waals surface area contributed by atoms with Crippen molar-refractivity contribution >= 4 is 12.5 Å². The highest BCUT2D eigenvalue weighted by molar-refractivity contribution is 5.65. The molecule has 1 aliphatic heterocycles. The quantitative estimate of drug-likeness (QED) is 0.547. The van der Waals surface area contributed by atoms with Gasteiger partial charge in [-0.1, -0.05) is 0 Å². The van der Waals surface area contributed by atoms with E-state index in [0.29, 0.717) is 0 Å². The molecule has 0 radical (unpaired) electrons. The second-order valence-electron chi connectivity index (χ2n) is 1.60. The molecule has 0 aliphatic carbocycles. The molecular formula is C5H6N2O3. The maximum atomic E-state index is 10.00. The molecule has 0 aromatic rings.